The largest absolute Gasteiger partial charge is 0.399 e. The van der Waals surface area contributed by atoms with Gasteiger partial charge in [0.2, 0.25) is 5.91 Å². The first kappa shape index (κ1) is 13.2. The number of halogens is 1. The van der Waals surface area contributed by atoms with Crippen LogP contribution in [0.1, 0.15) is 0 Å². The molecule has 0 unspecified atom stereocenters. The van der Waals surface area contributed by atoms with Crippen molar-refractivity contribution in [2.45, 2.75) is 4.90 Å². The monoisotopic (exact) mass is 329 g/mol. The van der Waals surface area contributed by atoms with Gasteiger partial charge in [-0.15, -0.1) is 11.8 Å². The van der Waals surface area contributed by atoms with E-state index in [2.05, 4.69) is 21.2 Å². The molecule has 1 aliphatic heterocycles. The lowest BCUT2D eigenvalue weighted by Gasteiger charge is -2.12. The first-order valence-electron chi connectivity index (χ1n) is 5.34. The summed E-state index contributed by atoms with van der Waals surface area (Å²) < 4.78 is 0.921. The number of carbonyl (C=O) groups is 2. The quantitative estimate of drug-likeness (QED) is 0.500. The number of anilines is 1. The average molecular weight is 330 g/mol. The Bertz CT molecular complexity index is 479. The zero-order valence-electron chi connectivity index (χ0n) is 9.48. The number of thioether (sulfide) groups is 1. The Morgan fingerprint density at radius 1 is 1.44 bits per heavy atom. The molecule has 1 aromatic rings. The normalized spacial score (nSPS) is 15.1. The van der Waals surface area contributed by atoms with Crippen LogP contribution in [0.2, 0.25) is 0 Å². The van der Waals surface area contributed by atoms with E-state index in [-0.39, 0.29) is 18.5 Å². The maximum absolute atomic E-state index is 11.3. The lowest BCUT2D eigenvalue weighted by molar-refractivity contribution is -0.124. The van der Waals surface area contributed by atoms with Crippen molar-refractivity contribution in [3.05, 3.63) is 22.7 Å². The molecule has 3 N–H and O–H groups in total. The molecule has 1 fully saturated rings. The van der Waals surface area contributed by atoms with E-state index >= 15 is 0 Å². The van der Waals surface area contributed by atoms with Gasteiger partial charge in [0.05, 0.1) is 6.54 Å². The molecular weight excluding hydrogens is 318 g/mol. The van der Waals surface area contributed by atoms with Crippen molar-refractivity contribution >= 4 is 45.3 Å². The van der Waals surface area contributed by atoms with Crippen LogP contribution < -0.4 is 11.1 Å². The van der Waals surface area contributed by atoms with Crippen LogP contribution in [0.5, 0.6) is 0 Å². The summed E-state index contributed by atoms with van der Waals surface area (Å²) in [5.41, 5.74) is 6.34. The summed E-state index contributed by atoms with van der Waals surface area (Å²) in [4.78, 5) is 24.9. The third kappa shape index (κ3) is 2.97. The molecule has 0 radical (unpaired) electrons. The minimum atomic E-state index is -0.308. The second-order valence-electron chi connectivity index (χ2n) is 3.74. The Kier molecular flexibility index (Phi) is 4.13. The third-order valence-corrected chi connectivity index (χ3v) is 4.44. The van der Waals surface area contributed by atoms with Gasteiger partial charge in [-0.2, -0.15) is 0 Å². The van der Waals surface area contributed by atoms with Crippen molar-refractivity contribution in [1.29, 1.82) is 0 Å². The van der Waals surface area contributed by atoms with E-state index < -0.39 is 0 Å². The highest BCUT2D eigenvalue weighted by atomic mass is 79.9. The highest BCUT2D eigenvalue weighted by Gasteiger charge is 2.27. The number of urea groups is 1. The van der Waals surface area contributed by atoms with Gasteiger partial charge < -0.3 is 11.1 Å². The molecule has 18 heavy (non-hydrogen) atoms. The van der Waals surface area contributed by atoms with E-state index in [1.54, 1.807) is 11.8 Å². The molecule has 0 saturated carbocycles. The smallest absolute Gasteiger partial charge is 0.324 e. The number of nitrogens with zero attached hydrogens (tertiary/aromatic N) is 1. The van der Waals surface area contributed by atoms with E-state index in [0.29, 0.717) is 18.0 Å². The van der Waals surface area contributed by atoms with E-state index in [0.717, 1.165) is 9.37 Å². The number of imide groups is 1. The van der Waals surface area contributed by atoms with Crippen molar-refractivity contribution in [3.63, 3.8) is 0 Å². The molecule has 0 aromatic heterocycles. The van der Waals surface area contributed by atoms with Gasteiger partial charge in [0.25, 0.3) is 0 Å². The fourth-order valence-electron chi connectivity index (χ4n) is 1.56. The van der Waals surface area contributed by atoms with Gasteiger partial charge in [-0.25, -0.2) is 4.79 Å². The molecule has 1 aliphatic rings. The lowest BCUT2D eigenvalue weighted by atomic mass is 10.3. The number of benzene rings is 1. The molecular formula is C11H12BrN3O2S. The summed E-state index contributed by atoms with van der Waals surface area (Å²) in [5, 5.41) is 2.49. The molecule has 2 rings (SSSR count). The zero-order chi connectivity index (χ0) is 13.1. The van der Waals surface area contributed by atoms with Crippen molar-refractivity contribution < 1.29 is 9.59 Å². The number of carbonyl (C=O) groups excluding carboxylic acids is 2. The summed E-state index contributed by atoms with van der Waals surface area (Å²) in [7, 11) is 0. The van der Waals surface area contributed by atoms with E-state index in [9.17, 15) is 9.59 Å². The first-order valence-corrected chi connectivity index (χ1v) is 7.12. The van der Waals surface area contributed by atoms with Crippen LogP contribution in [0.4, 0.5) is 10.5 Å². The van der Waals surface area contributed by atoms with Crippen LogP contribution in [-0.4, -0.2) is 35.7 Å². The van der Waals surface area contributed by atoms with Crippen LogP contribution in [0.15, 0.2) is 27.6 Å². The van der Waals surface area contributed by atoms with Crippen LogP contribution in [0, 0.1) is 0 Å². The molecule has 0 atom stereocenters. The van der Waals surface area contributed by atoms with E-state index in [1.807, 2.05) is 18.2 Å². The number of rotatable bonds is 4. The molecule has 1 saturated heterocycles. The summed E-state index contributed by atoms with van der Waals surface area (Å²) in [6.45, 7) is 0.515. The first-order chi connectivity index (χ1) is 8.58. The number of hydrogen-bond donors (Lipinski definition) is 2. The maximum Gasteiger partial charge on any atom is 0.324 e. The number of hydrogen-bond acceptors (Lipinski definition) is 4. The molecule has 0 bridgehead atoms. The van der Waals surface area contributed by atoms with Gasteiger partial charge in [0, 0.05) is 27.4 Å². The second-order valence-corrected chi connectivity index (χ2v) is 5.73. The van der Waals surface area contributed by atoms with Crippen LogP contribution in [0.3, 0.4) is 0 Å². The molecule has 96 valence electrons. The Morgan fingerprint density at radius 3 is 2.83 bits per heavy atom. The highest BCUT2D eigenvalue weighted by Crippen LogP contribution is 2.29. The van der Waals surface area contributed by atoms with Crippen LogP contribution in [0.25, 0.3) is 0 Å². The third-order valence-electron chi connectivity index (χ3n) is 2.47. The molecule has 5 nitrogen and oxygen atoms in total. The van der Waals surface area contributed by atoms with Gasteiger partial charge in [0.15, 0.2) is 0 Å². The van der Waals surface area contributed by atoms with E-state index in [4.69, 9.17) is 5.73 Å². The van der Waals surface area contributed by atoms with Gasteiger partial charge in [-0.05, 0) is 34.1 Å². The summed E-state index contributed by atoms with van der Waals surface area (Å²) >= 11 is 4.99. The summed E-state index contributed by atoms with van der Waals surface area (Å²) in [6.07, 6.45) is 0. The van der Waals surface area contributed by atoms with Crippen LogP contribution >= 0.6 is 27.7 Å². The molecule has 7 heteroatoms. The van der Waals surface area contributed by atoms with Gasteiger partial charge in [-0.1, -0.05) is 0 Å². The Hall–Kier alpha value is -1.21. The number of nitrogen functional groups attached to an aromatic ring is 1. The molecule has 3 amide bonds. The number of nitrogens with one attached hydrogen (secondary N) is 1. The van der Waals surface area contributed by atoms with Crippen molar-refractivity contribution in [2.24, 2.45) is 0 Å². The Balaban J connectivity index is 1.88. The minimum Gasteiger partial charge on any atom is -0.399 e. The second kappa shape index (κ2) is 5.62. The number of amides is 3. The maximum atomic E-state index is 11.3. The summed E-state index contributed by atoms with van der Waals surface area (Å²) in [6, 6.07) is 5.25. The van der Waals surface area contributed by atoms with Crippen molar-refractivity contribution in [1.82, 2.24) is 10.2 Å². The summed E-state index contributed by atoms with van der Waals surface area (Å²) in [5.74, 6) is 0.485. The van der Waals surface area contributed by atoms with Gasteiger partial charge in [-0.3, -0.25) is 9.69 Å². The molecule has 0 aliphatic carbocycles. The van der Waals surface area contributed by atoms with E-state index in [1.165, 1.54) is 4.90 Å². The van der Waals surface area contributed by atoms with Crippen molar-refractivity contribution in [2.75, 3.05) is 24.6 Å². The average Bonchev–Trinajstić information content (AvgIpc) is 2.63. The fourth-order valence-corrected chi connectivity index (χ4v) is 3.16. The van der Waals surface area contributed by atoms with Crippen molar-refractivity contribution in [3.8, 4) is 0 Å². The molecule has 0 spiro atoms. The predicted molar refractivity (Wildman–Crippen MR) is 74.4 cm³/mol. The minimum absolute atomic E-state index is 0.106. The standard InChI is InChI=1S/C11H12BrN3O2S/c12-8-5-7(13)1-2-9(8)18-4-3-15-10(16)6-14-11(15)17/h1-2,5H,3-4,6,13H2,(H,14,17). The Morgan fingerprint density at radius 2 is 2.22 bits per heavy atom. The molecule has 1 heterocycles. The lowest BCUT2D eigenvalue weighted by Crippen LogP contribution is -2.32. The van der Waals surface area contributed by atoms with Crippen LogP contribution in [-0.2, 0) is 4.79 Å². The Labute approximate surface area is 117 Å². The molecule has 1 aromatic carbocycles. The topological polar surface area (TPSA) is 75.4 Å². The zero-order valence-corrected chi connectivity index (χ0v) is 11.9. The SMILES string of the molecule is Nc1ccc(SCCN2C(=O)CNC2=O)c(Br)c1. The predicted octanol–water partition coefficient (Wildman–Crippen LogP) is 1.68. The highest BCUT2D eigenvalue weighted by molar-refractivity contribution is 9.10. The number of nitrogens with two attached hydrogens (primary N) is 1. The van der Waals surface area contributed by atoms with Gasteiger partial charge in [0.1, 0.15) is 0 Å². The fraction of sp³-hybridized carbons (Fsp3) is 0.273. The van der Waals surface area contributed by atoms with Gasteiger partial charge >= 0.3 is 6.03 Å².